The third-order valence-electron chi connectivity index (χ3n) is 3.98. The maximum atomic E-state index is 13.6. The third-order valence-corrected chi connectivity index (χ3v) is 3.98. The molecule has 0 saturated heterocycles. The zero-order chi connectivity index (χ0) is 18.4. The van der Waals surface area contributed by atoms with Gasteiger partial charge in [-0.05, 0) is 32.4 Å². The molecule has 0 radical (unpaired) electrons. The zero-order valence-corrected chi connectivity index (χ0v) is 14.0. The van der Waals surface area contributed by atoms with Gasteiger partial charge in [0.1, 0.15) is 0 Å². The molecule has 5 nitrogen and oxygen atoms in total. The summed E-state index contributed by atoms with van der Waals surface area (Å²) in [6.07, 6.45) is -5.63. The highest BCUT2D eigenvalue weighted by molar-refractivity contribution is 6.03. The molecule has 1 atom stereocenters. The van der Waals surface area contributed by atoms with E-state index >= 15 is 0 Å². The smallest absolute Gasteiger partial charge is 0.362 e. The van der Waals surface area contributed by atoms with Gasteiger partial charge >= 0.3 is 6.18 Å². The number of hydrogen-bond donors (Lipinski definition) is 1. The molecular formula is C17H17F3N4O. The Morgan fingerprint density at radius 2 is 1.60 bits per heavy atom. The normalized spacial score (nSPS) is 20.8. The summed E-state index contributed by atoms with van der Waals surface area (Å²) < 4.78 is 40.8. The fourth-order valence-corrected chi connectivity index (χ4v) is 2.69. The molecule has 0 unspecified atom stereocenters. The van der Waals surface area contributed by atoms with E-state index in [1.807, 2.05) is 6.92 Å². The lowest BCUT2D eigenvalue weighted by molar-refractivity contribution is -0.254. The van der Waals surface area contributed by atoms with Crippen LogP contribution in [0.2, 0.25) is 0 Å². The van der Waals surface area contributed by atoms with Crippen molar-refractivity contribution < 1.29 is 18.3 Å². The fraction of sp³-hybridized carbons (Fsp3) is 0.353. The van der Waals surface area contributed by atoms with Crippen LogP contribution in [-0.4, -0.2) is 32.7 Å². The summed E-state index contributed by atoms with van der Waals surface area (Å²) >= 11 is 0. The SMILES string of the molecule is Cc1ccc(C2=NN(c3nc(C)cc(C)n3)[C@](O)(C(F)(F)F)C2)cc1. The van der Waals surface area contributed by atoms with E-state index < -0.39 is 18.3 Å². The molecule has 3 rings (SSSR count). The number of aromatic nitrogens is 2. The summed E-state index contributed by atoms with van der Waals surface area (Å²) in [5.41, 5.74) is -0.587. The van der Waals surface area contributed by atoms with Crippen molar-refractivity contribution in [3.8, 4) is 0 Å². The van der Waals surface area contributed by atoms with Crippen LogP contribution in [0.3, 0.4) is 0 Å². The summed E-state index contributed by atoms with van der Waals surface area (Å²) in [4.78, 5) is 8.03. The molecule has 1 N–H and O–H groups in total. The lowest BCUT2D eigenvalue weighted by atomic mass is 10.0. The van der Waals surface area contributed by atoms with Crippen molar-refractivity contribution in [2.75, 3.05) is 5.01 Å². The van der Waals surface area contributed by atoms with E-state index in [9.17, 15) is 18.3 Å². The molecular weight excluding hydrogens is 333 g/mol. The van der Waals surface area contributed by atoms with Gasteiger partial charge in [-0.15, -0.1) is 0 Å². The molecule has 1 aromatic heterocycles. The number of nitrogens with zero attached hydrogens (tertiary/aromatic N) is 4. The van der Waals surface area contributed by atoms with Gasteiger partial charge in [0.15, 0.2) is 0 Å². The zero-order valence-electron chi connectivity index (χ0n) is 14.0. The van der Waals surface area contributed by atoms with E-state index in [0.717, 1.165) is 5.56 Å². The number of aliphatic hydroxyl groups is 1. The Morgan fingerprint density at radius 1 is 1.04 bits per heavy atom. The number of hydrogen-bond acceptors (Lipinski definition) is 5. The summed E-state index contributed by atoms with van der Waals surface area (Å²) in [7, 11) is 0. The number of aryl methyl sites for hydroxylation is 3. The minimum atomic E-state index is -4.93. The first-order chi connectivity index (χ1) is 11.6. The van der Waals surface area contributed by atoms with Gasteiger partial charge in [-0.3, -0.25) is 0 Å². The van der Waals surface area contributed by atoms with Gasteiger partial charge < -0.3 is 5.11 Å². The Morgan fingerprint density at radius 3 is 2.12 bits per heavy atom. The predicted molar refractivity (Wildman–Crippen MR) is 87.3 cm³/mol. The summed E-state index contributed by atoms with van der Waals surface area (Å²) in [5, 5.41) is 14.9. The molecule has 0 amide bonds. The Balaban J connectivity index is 2.11. The molecule has 132 valence electrons. The quantitative estimate of drug-likeness (QED) is 0.903. The number of alkyl halides is 3. The largest absolute Gasteiger partial charge is 0.438 e. The van der Waals surface area contributed by atoms with Gasteiger partial charge in [0.05, 0.1) is 12.1 Å². The molecule has 0 saturated carbocycles. The van der Waals surface area contributed by atoms with Crippen LogP contribution in [0.5, 0.6) is 0 Å². The third kappa shape index (κ3) is 3.09. The van der Waals surface area contributed by atoms with Crippen molar-refractivity contribution in [1.29, 1.82) is 0 Å². The van der Waals surface area contributed by atoms with E-state index in [0.29, 0.717) is 22.0 Å². The molecule has 1 aliphatic heterocycles. The standard InChI is InChI=1S/C17H17F3N4O/c1-10-4-6-13(7-5-10)14-9-16(25,17(18,19)20)24(23-14)15-21-11(2)8-12(3)22-15/h4-8,25H,9H2,1-3H3/t16-/m1/s1. The average molecular weight is 350 g/mol. The molecule has 0 aliphatic carbocycles. The number of hydrazone groups is 1. The van der Waals surface area contributed by atoms with Gasteiger partial charge in [-0.1, -0.05) is 29.8 Å². The first-order valence-corrected chi connectivity index (χ1v) is 7.66. The van der Waals surface area contributed by atoms with E-state index in [4.69, 9.17) is 0 Å². The Bertz CT molecular complexity index is 813. The van der Waals surface area contributed by atoms with Crippen LogP contribution in [0.4, 0.5) is 19.1 Å². The summed E-state index contributed by atoms with van der Waals surface area (Å²) in [5.74, 6) is -0.278. The molecule has 0 bridgehead atoms. The van der Waals surface area contributed by atoms with Gasteiger partial charge in [-0.25, -0.2) is 9.97 Å². The van der Waals surface area contributed by atoms with Crippen molar-refractivity contribution >= 4 is 11.7 Å². The van der Waals surface area contributed by atoms with Crippen molar-refractivity contribution in [3.63, 3.8) is 0 Å². The monoisotopic (exact) mass is 350 g/mol. The molecule has 1 aliphatic rings. The molecule has 8 heteroatoms. The Labute approximate surface area is 142 Å². The van der Waals surface area contributed by atoms with Crippen LogP contribution < -0.4 is 5.01 Å². The van der Waals surface area contributed by atoms with E-state index in [1.165, 1.54) is 0 Å². The number of benzene rings is 1. The number of halogens is 3. The van der Waals surface area contributed by atoms with Gasteiger partial charge in [0.25, 0.3) is 5.72 Å². The van der Waals surface area contributed by atoms with Crippen LogP contribution >= 0.6 is 0 Å². The van der Waals surface area contributed by atoms with Gasteiger partial charge in [0, 0.05) is 11.4 Å². The summed E-state index contributed by atoms with van der Waals surface area (Å²) in [6.45, 7) is 5.17. The van der Waals surface area contributed by atoms with Crippen molar-refractivity contribution in [1.82, 2.24) is 9.97 Å². The second-order valence-corrected chi connectivity index (χ2v) is 6.17. The molecule has 25 heavy (non-hydrogen) atoms. The Kier molecular flexibility index (Phi) is 4.03. The first-order valence-electron chi connectivity index (χ1n) is 7.66. The minimum Gasteiger partial charge on any atom is -0.362 e. The number of anilines is 1. The highest BCUT2D eigenvalue weighted by Crippen LogP contribution is 2.42. The van der Waals surface area contributed by atoms with E-state index in [-0.39, 0.29) is 11.7 Å². The fourth-order valence-electron chi connectivity index (χ4n) is 2.69. The topological polar surface area (TPSA) is 61.6 Å². The minimum absolute atomic E-state index is 0.127. The molecule has 1 aromatic carbocycles. The highest BCUT2D eigenvalue weighted by atomic mass is 19.4. The lowest BCUT2D eigenvalue weighted by Gasteiger charge is -2.32. The second-order valence-electron chi connectivity index (χ2n) is 6.17. The van der Waals surface area contributed by atoms with E-state index in [1.54, 1.807) is 44.2 Å². The summed E-state index contributed by atoms with van der Waals surface area (Å²) in [6, 6.07) is 8.55. The average Bonchev–Trinajstić information content (AvgIpc) is 2.86. The van der Waals surface area contributed by atoms with Crippen molar-refractivity contribution in [2.24, 2.45) is 5.10 Å². The molecule has 2 aromatic rings. The van der Waals surface area contributed by atoms with Crippen LogP contribution in [0.25, 0.3) is 0 Å². The first kappa shape index (κ1) is 17.3. The van der Waals surface area contributed by atoms with E-state index in [2.05, 4.69) is 15.1 Å². The maximum absolute atomic E-state index is 13.6. The van der Waals surface area contributed by atoms with Crippen molar-refractivity contribution in [2.45, 2.75) is 39.1 Å². The van der Waals surface area contributed by atoms with Crippen LogP contribution in [0.1, 0.15) is 28.9 Å². The molecule has 2 heterocycles. The molecule has 0 spiro atoms. The maximum Gasteiger partial charge on any atom is 0.438 e. The highest BCUT2D eigenvalue weighted by Gasteiger charge is 2.62. The van der Waals surface area contributed by atoms with Crippen LogP contribution in [-0.2, 0) is 0 Å². The second kappa shape index (κ2) is 5.80. The van der Waals surface area contributed by atoms with Gasteiger partial charge in [-0.2, -0.15) is 23.3 Å². The van der Waals surface area contributed by atoms with Crippen molar-refractivity contribution in [3.05, 3.63) is 52.8 Å². The van der Waals surface area contributed by atoms with Crippen LogP contribution in [0, 0.1) is 20.8 Å². The Hall–Kier alpha value is -2.48. The molecule has 0 fully saturated rings. The van der Waals surface area contributed by atoms with Gasteiger partial charge in [0.2, 0.25) is 5.95 Å². The predicted octanol–water partition coefficient (Wildman–Crippen LogP) is 3.27. The van der Waals surface area contributed by atoms with Crippen LogP contribution in [0.15, 0.2) is 35.4 Å². The number of rotatable bonds is 2. The lowest BCUT2D eigenvalue weighted by Crippen LogP contribution is -2.55.